The number of ether oxygens (including phenoxy) is 1. The number of pyridine rings is 1. The predicted molar refractivity (Wildman–Crippen MR) is 67.9 cm³/mol. The maximum atomic E-state index is 5.69. The average Bonchev–Trinajstić information content (AvgIpc) is 2.76. The molecule has 0 aliphatic carbocycles. The molecule has 0 saturated carbocycles. The van der Waals surface area contributed by atoms with E-state index in [0.29, 0.717) is 12.6 Å². The highest BCUT2D eigenvalue weighted by atomic mass is 16.5. The summed E-state index contributed by atoms with van der Waals surface area (Å²) in [5.41, 5.74) is 6.39. The topological polar surface area (TPSA) is 51.4 Å². The molecule has 1 aliphatic heterocycles. The van der Waals surface area contributed by atoms with Crippen LogP contribution in [0.2, 0.25) is 0 Å². The van der Waals surface area contributed by atoms with Crippen LogP contribution >= 0.6 is 0 Å². The first kappa shape index (κ1) is 12.3. The van der Waals surface area contributed by atoms with Crippen LogP contribution in [0, 0.1) is 0 Å². The van der Waals surface area contributed by atoms with Crippen LogP contribution < -0.4 is 10.5 Å². The third-order valence-electron chi connectivity index (χ3n) is 3.40. The van der Waals surface area contributed by atoms with Crippen molar-refractivity contribution < 1.29 is 4.74 Å². The van der Waals surface area contributed by atoms with Crippen molar-refractivity contribution in [2.24, 2.45) is 5.73 Å². The van der Waals surface area contributed by atoms with Crippen molar-refractivity contribution in [1.82, 2.24) is 9.88 Å². The van der Waals surface area contributed by atoms with E-state index in [1.807, 2.05) is 12.1 Å². The molecule has 1 aliphatic rings. The van der Waals surface area contributed by atoms with Crippen molar-refractivity contribution in [3.63, 3.8) is 0 Å². The van der Waals surface area contributed by atoms with Crippen molar-refractivity contribution in [1.29, 1.82) is 0 Å². The summed E-state index contributed by atoms with van der Waals surface area (Å²) in [6.45, 7) is 2.46. The van der Waals surface area contributed by atoms with E-state index >= 15 is 0 Å². The lowest BCUT2D eigenvalue weighted by Gasteiger charge is -2.19. The highest BCUT2D eigenvalue weighted by Crippen LogP contribution is 2.18. The number of rotatable bonds is 5. The Morgan fingerprint density at radius 2 is 2.41 bits per heavy atom. The van der Waals surface area contributed by atoms with Gasteiger partial charge in [0.25, 0.3) is 0 Å². The first-order valence-electron chi connectivity index (χ1n) is 6.27. The zero-order valence-electron chi connectivity index (χ0n) is 10.4. The van der Waals surface area contributed by atoms with Gasteiger partial charge in [0.2, 0.25) is 0 Å². The Hall–Kier alpha value is -1.13. The van der Waals surface area contributed by atoms with Gasteiger partial charge in [0.15, 0.2) is 0 Å². The summed E-state index contributed by atoms with van der Waals surface area (Å²) < 4.78 is 5.69. The lowest BCUT2D eigenvalue weighted by Crippen LogP contribution is -2.26. The van der Waals surface area contributed by atoms with E-state index in [1.165, 1.54) is 19.4 Å². The fraction of sp³-hybridized carbons (Fsp3) is 0.615. The molecule has 2 rings (SSSR count). The summed E-state index contributed by atoms with van der Waals surface area (Å²) in [6, 6.07) is 4.54. The standard InChI is InChI=1S/C13H21N3O/c1-16-7-2-3-12(16)6-8-17-13-5-4-11(9-14)15-10-13/h4-5,10,12H,2-3,6-9,14H2,1H3. The molecule has 0 spiro atoms. The minimum absolute atomic E-state index is 0.479. The molecule has 2 heterocycles. The zero-order chi connectivity index (χ0) is 12.1. The summed E-state index contributed by atoms with van der Waals surface area (Å²) >= 11 is 0. The largest absolute Gasteiger partial charge is 0.492 e. The van der Waals surface area contributed by atoms with Crippen molar-refractivity contribution in [3.8, 4) is 5.75 Å². The van der Waals surface area contributed by atoms with Crippen LogP contribution in [0.1, 0.15) is 25.0 Å². The van der Waals surface area contributed by atoms with Crippen molar-refractivity contribution >= 4 is 0 Å². The molecule has 1 aromatic rings. The Labute approximate surface area is 103 Å². The van der Waals surface area contributed by atoms with Gasteiger partial charge in [-0.1, -0.05) is 0 Å². The van der Waals surface area contributed by atoms with Gasteiger partial charge in [-0.3, -0.25) is 4.98 Å². The molecule has 1 atom stereocenters. The van der Waals surface area contributed by atoms with E-state index < -0.39 is 0 Å². The number of nitrogens with two attached hydrogens (primary N) is 1. The molecule has 1 saturated heterocycles. The highest BCUT2D eigenvalue weighted by molar-refractivity contribution is 5.19. The van der Waals surface area contributed by atoms with Crippen LogP contribution in [0.4, 0.5) is 0 Å². The van der Waals surface area contributed by atoms with Crippen LogP contribution in [-0.2, 0) is 6.54 Å². The number of hydrogen-bond acceptors (Lipinski definition) is 4. The lowest BCUT2D eigenvalue weighted by atomic mass is 10.1. The van der Waals surface area contributed by atoms with Gasteiger partial charge in [-0.15, -0.1) is 0 Å². The van der Waals surface area contributed by atoms with E-state index in [2.05, 4.69) is 16.9 Å². The van der Waals surface area contributed by atoms with Gasteiger partial charge in [0, 0.05) is 12.6 Å². The second-order valence-corrected chi connectivity index (χ2v) is 4.60. The third-order valence-corrected chi connectivity index (χ3v) is 3.40. The second-order valence-electron chi connectivity index (χ2n) is 4.60. The molecule has 17 heavy (non-hydrogen) atoms. The van der Waals surface area contributed by atoms with Crippen LogP contribution in [0.3, 0.4) is 0 Å². The molecule has 2 N–H and O–H groups in total. The Morgan fingerprint density at radius 1 is 1.53 bits per heavy atom. The molecular formula is C13H21N3O. The van der Waals surface area contributed by atoms with E-state index in [4.69, 9.17) is 10.5 Å². The monoisotopic (exact) mass is 235 g/mol. The first-order chi connectivity index (χ1) is 8.29. The second kappa shape index (κ2) is 5.98. The van der Waals surface area contributed by atoms with Crippen LogP contribution in [0.25, 0.3) is 0 Å². The summed E-state index contributed by atoms with van der Waals surface area (Å²) in [4.78, 5) is 6.62. The van der Waals surface area contributed by atoms with E-state index in [0.717, 1.165) is 24.5 Å². The minimum atomic E-state index is 0.479. The van der Waals surface area contributed by atoms with Gasteiger partial charge in [-0.25, -0.2) is 0 Å². The SMILES string of the molecule is CN1CCCC1CCOc1ccc(CN)nc1. The lowest BCUT2D eigenvalue weighted by molar-refractivity contribution is 0.233. The number of nitrogens with zero attached hydrogens (tertiary/aromatic N) is 2. The van der Waals surface area contributed by atoms with Crippen molar-refractivity contribution in [2.75, 3.05) is 20.2 Å². The zero-order valence-corrected chi connectivity index (χ0v) is 10.4. The smallest absolute Gasteiger partial charge is 0.137 e. The summed E-state index contributed by atoms with van der Waals surface area (Å²) in [5.74, 6) is 0.836. The molecule has 0 amide bonds. The average molecular weight is 235 g/mol. The molecule has 1 aromatic heterocycles. The highest BCUT2D eigenvalue weighted by Gasteiger charge is 2.20. The number of aromatic nitrogens is 1. The van der Waals surface area contributed by atoms with Gasteiger partial charge in [0.1, 0.15) is 5.75 Å². The van der Waals surface area contributed by atoms with E-state index in [9.17, 15) is 0 Å². The van der Waals surface area contributed by atoms with Crippen molar-refractivity contribution in [2.45, 2.75) is 31.8 Å². The third kappa shape index (κ3) is 3.41. The van der Waals surface area contributed by atoms with Crippen LogP contribution in [0.5, 0.6) is 5.75 Å². The van der Waals surface area contributed by atoms with Crippen LogP contribution in [-0.4, -0.2) is 36.1 Å². The Kier molecular flexibility index (Phi) is 4.34. The summed E-state index contributed by atoms with van der Waals surface area (Å²) in [7, 11) is 2.19. The Balaban J connectivity index is 1.73. The Morgan fingerprint density at radius 3 is 3.00 bits per heavy atom. The predicted octanol–water partition coefficient (Wildman–Crippen LogP) is 1.40. The summed E-state index contributed by atoms with van der Waals surface area (Å²) in [5, 5.41) is 0. The molecule has 1 unspecified atom stereocenters. The van der Waals surface area contributed by atoms with E-state index in [-0.39, 0.29) is 0 Å². The minimum Gasteiger partial charge on any atom is -0.492 e. The fourth-order valence-corrected chi connectivity index (χ4v) is 2.27. The maximum absolute atomic E-state index is 5.69. The number of hydrogen-bond donors (Lipinski definition) is 1. The molecular weight excluding hydrogens is 214 g/mol. The molecule has 4 nitrogen and oxygen atoms in total. The van der Waals surface area contributed by atoms with Gasteiger partial charge >= 0.3 is 0 Å². The Bertz CT molecular complexity index is 339. The van der Waals surface area contributed by atoms with Gasteiger partial charge in [0.05, 0.1) is 18.5 Å². The van der Waals surface area contributed by atoms with Gasteiger partial charge in [-0.2, -0.15) is 0 Å². The van der Waals surface area contributed by atoms with E-state index in [1.54, 1.807) is 6.20 Å². The van der Waals surface area contributed by atoms with Gasteiger partial charge < -0.3 is 15.4 Å². The molecule has 4 heteroatoms. The van der Waals surface area contributed by atoms with Gasteiger partial charge in [-0.05, 0) is 45.0 Å². The molecule has 0 bridgehead atoms. The summed E-state index contributed by atoms with van der Waals surface area (Å²) in [6.07, 6.45) is 5.45. The molecule has 0 aromatic carbocycles. The molecule has 94 valence electrons. The number of likely N-dealkylation sites (tertiary alicyclic amines) is 1. The molecule has 0 radical (unpaired) electrons. The van der Waals surface area contributed by atoms with Crippen LogP contribution in [0.15, 0.2) is 18.3 Å². The first-order valence-corrected chi connectivity index (χ1v) is 6.27. The quantitative estimate of drug-likeness (QED) is 0.838. The maximum Gasteiger partial charge on any atom is 0.137 e. The van der Waals surface area contributed by atoms with Crippen molar-refractivity contribution in [3.05, 3.63) is 24.0 Å². The molecule has 1 fully saturated rings. The normalized spacial score (nSPS) is 20.7. The fourth-order valence-electron chi connectivity index (χ4n) is 2.27.